The highest BCUT2D eigenvalue weighted by Gasteiger charge is 2.57. The maximum absolute atomic E-state index is 14.2. The minimum Gasteiger partial charge on any atom is -0.491 e. The predicted octanol–water partition coefficient (Wildman–Crippen LogP) is 5.46. The fraction of sp³-hybridized carbons (Fsp3) is 0.188. The molecule has 0 saturated heterocycles. The number of para-hydroxylation sites is 1. The van der Waals surface area contributed by atoms with Crippen molar-refractivity contribution in [3.8, 4) is 17.2 Å². The van der Waals surface area contributed by atoms with Crippen LogP contribution in [-0.2, 0) is 23.2 Å². The lowest BCUT2D eigenvalue weighted by Gasteiger charge is -2.23. The van der Waals surface area contributed by atoms with Gasteiger partial charge < -0.3 is 24.4 Å². The lowest BCUT2D eigenvalue weighted by Crippen LogP contribution is -2.42. The summed E-state index contributed by atoms with van der Waals surface area (Å²) in [5.41, 5.74) is 5.07. The van der Waals surface area contributed by atoms with Gasteiger partial charge in [0.05, 0.1) is 6.54 Å². The molecular formula is C32H26N2O5. The number of benzene rings is 4. The number of anilines is 2. The van der Waals surface area contributed by atoms with E-state index in [4.69, 9.17) is 14.2 Å². The number of rotatable bonds is 5. The van der Waals surface area contributed by atoms with Gasteiger partial charge in [-0.3, -0.25) is 9.59 Å². The Morgan fingerprint density at radius 2 is 1.56 bits per heavy atom. The molecule has 7 rings (SSSR count). The first-order valence-corrected chi connectivity index (χ1v) is 13.0. The number of carbonyl (C=O) groups excluding carboxylic acids is 2. The van der Waals surface area contributed by atoms with E-state index in [-0.39, 0.29) is 25.2 Å². The molecule has 194 valence electrons. The maximum Gasteiger partial charge on any atom is 0.255 e. The number of amides is 2. The molecule has 0 fully saturated rings. The number of carbonyl (C=O) groups is 2. The van der Waals surface area contributed by atoms with Gasteiger partial charge in [0.1, 0.15) is 17.8 Å². The molecular weight excluding hydrogens is 492 g/mol. The SMILES string of the molecule is CCc1ccc(NC(=O)c2ccc(CN3C(=O)C4(COc5cc6c(cc54)OCO6)c4ccccc43)cc2)cc1. The summed E-state index contributed by atoms with van der Waals surface area (Å²) in [6.45, 7) is 2.84. The summed E-state index contributed by atoms with van der Waals surface area (Å²) in [4.78, 5) is 28.8. The molecule has 0 bridgehead atoms. The van der Waals surface area contributed by atoms with E-state index in [1.165, 1.54) is 5.56 Å². The minimum atomic E-state index is -0.944. The lowest BCUT2D eigenvalue weighted by atomic mass is 9.77. The first-order valence-electron chi connectivity index (χ1n) is 13.0. The lowest BCUT2D eigenvalue weighted by molar-refractivity contribution is -0.122. The zero-order valence-electron chi connectivity index (χ0n) is 21.4. The van der Waals surface area contributed by atoms with E-state index in [9.17, 15) is 9.59 Å². The molecule has 0 aromatic heterocycles. The normalized spacial score (nSPS) is 18.2. The smallest absolute Gasteiger partial charge is 0.255 e. The van der Waals surface area contributed by atoms with Crippen LogP contribution in [0, 0.1) is 0 Å². The van der Waals surface area contributed by atoms with E-state index in [1.54, 1.807) is 12.1 Å². The van der Waals surface area contributed by atoms with Crippen molar-refractivity contribution >= 4 is 23.2 Å². The van der Waals surface area contributed by atoms with Gasteiger partial charge in [-0.1, -0.05) is 49.4 Å². The van der Waals surface area contributed by atoms with Gasteiger partial charge in [0, 0.05) is 28.6 Å². The van der Waals surface area contributed by atoms with Crippen LogP contribution in [0.15, 0.2) is 84.9 Å². The summed E-state index contributed by atoms with van der Waals surface area (Å²) in [5.74, 6) is 1.68. The molecule has 7 nitrogen and oxygen atoms in total. The van der Waals surface area contributed by atoms with Crippen LogP contribution in [0.5, 0.6) is 17.2 Å². The Morgan fingerprint density at radius 1 is 0.846 bits per heavy atom. The fourth-order valence-corrected chi connectivity index (χ4v) is 5.69. The molecule has 1 spiro atoms. The second-order valence-electron chi connectivity index (χ2n) is 10.0. The number of aryl methyl sites for hydroxylation is 1. The van der Waals surface area contributed by atoms with E-state index in [0.29, 0.717) is 29.4 Å². The third-order valence-electron chi connectivity index (χ3n) is 7.82. The number of hydrogen-bond acceptors (Lipinski definition) is 5. The summed E-state index contributed by atoms with van der Waals surface area (Å²) in [6.07, 6.45) is 0.950. The molecule has 3 aliphatic rings. The van der Waals surface area contributed by atoms with Crippen molar-refractivity contribution in [1.29, 1.82) is 0 Å². The molecule has 0 aliphatic carbocycles. The number of nitrogens with one attached hydrogen (secondary N) is 1. The van der Waals surface area contributed by atoms with Crippen LogP contribution in [0.25, 0.3) is 0 Å². The zero-order chi connectivity index (χ0) is 26.6. The zero-order valence-corrected chi connectivity index (χ0v) is 21.4. The van der Waals surface area contributed by atoms with E-state index in [1.807, 2.05) is 77.7 Å². The molecule has 3 aliphatic heterocycles. The molecule has 0 radical (unpaired) electrons. The van der Waals surface area contributed by atoms with Crippen molar-refractivity contribution in [2.45, 2.75) is 25.3 Å². The molecule has 4 aromatic carbocycles. The Kier molecular flexibility index (Phi) is 5.33. The Balaban J connectivity index is 1.15. The second kappa shape index (κ2) is 8.91. The van der Waals surface area contributed by atoms with Gasteiger partial charge in [-0.25, -0.2) is 0 Å². The first-order chi connectivity index (χ1) is 19.1. The second-order valence-corrected chi connectivity index (χ2v) is 10.0. The third kappa shape index (κ3) is 3.65. The molecule has 1 atom stereocenters. The Bertz CT molecular complexity index is 1610. The van der Waals surface area contributed by atoms with Gasteiger partial charge in [0.2, 0.25) is 12.7 Å². The highest BCUT2D eigenvalue weighted by atomic mass is 16.7. The van der Waals surface area contributed by atoms with Crippen molar-refractivity contribution in [1.82, 2.24) is 0 Å². The van der Waals surface area contributed by atoms with Gasteiger partial charge in [-0.05, 0) is 59.5 Å². The molecule has 0 saturated carbocycles. The van der Waals surface area contributed by atoms with E-state index in [2.05, 4.69) is 12.2 Å². The predicted molar refractivity (Wildman–Crippen MR) is 147 cm³/mol. The van der Waals surface area contributed by atoms with Crippen LogP contribution in [-0.4, -0.2) is 25.2 Å². The quantitative estimate of drug-likeness (QED) is 0.380. The average Bonchev–Trinajstić information content (AvgIpc) is 3.65. The Hall–Kier alpha value is -4.78. The van der Waals surface area contributed by atoms with Crippen molar-refractivity contribution in [3.05, 3.63) is 113 Å². The van der Waals surface area contributed by atoms with Crippen LogP contribution in [0.2, 0.25) is 0 Å². The number of hydrogen-bond donors (Lipinski definition) is 1. The topological polar surface area (TPSA) is 77.1 Å². The number of nitrogens with zero attached hydrogens (tertiary/aromatic N) is 1. The van der Waals surface area contributed by atoms with Gasteiger partial charge in [0.25, 0.3) is 5.91 Å². The first kappa shape index (κ1) is 23.3. The van der Waals surface area contributed by atoms with Gasteiger partial charge in [-0.15, -0.1) is 0 Å². The van der Waals surface area contributed by atoms with Gasteiger partial charge in [-0.2, -0.15) is 0 Å². The van der Waals surface area contributed by atoms with E-state index >= 15 is 0 Å². The van der Waals surface area contributed by atoms with E-state index in [0.717, 1.165) is 34.5 Å². The van der Waals surface area contributed by atoms with Crippen LogP contribution < -0.4 is 24.4 Å². The van der Waals surface area contributed by atoms with Gasteiger partial charge in [0.15, 0.2) is 11.5 Å². The van der Waals surface area contributed by atoms with Crippen LogP contribution >= 0.6 is 0 Å². The largest absolute Gasteiger partial charge is 0.491 e. The summed E-state index contributed by atoms with van der Waals surface area (Å²) in [7, 11) is 0. The van der Waals surface area contributed by atoms with Crippen LogP contribution in [0.4, 0.5) is 11.4 Å². The average molecular weight is 519 g/mol. The summed E-state index contributed by atoms with van der Waals surface area (Å²) in [6, 6.07) is 26.8. The fourth-order valence-electron chi connectivity index (χ4n) is 5.69. The Labute approximate surface area is 225 Å². The molecule has 4 aromatic rings. The third-order valence-corrected chi connectivity index (χ3v) is 7.82. The van der Waals surface area contributed by atoms with Crippen molar-refractivity contribution < 1.29 is 23.8 Å². The highest BCUT2D eigenvalue weighted by molar-refractivity contribution is 6.11. The summed E-state index contributed by atoms with van der Waals surface area (Å²) in [5, 5.41) is 2.95. The number of ether oxygens (including phenoxy) is 3. The van der Waals surface area contributed by atoms with Crippen molar-refractivity contribution in [3.63, 3.8) is 0 Å². The molecule has 1 N–H and O–H groups in total. The molecule has 39 heavy (non-hydrogen) atoms. The molecule has 7 heteroatoms. The maximum atomic E-state index is 14.2. The Morgan fingerprint density at radius 3 is 2.33 bits per heavy atom. The monoisotopic (exact) mass is 518 g/mol. The summed E-state index contributed by atoms with van der Waals surface area (Å²) < 4.78 is 17.2. The highest BCUT2D eigenvalue weighted by Crippen LogP contribution is 2.55. The van der Waals surface area contributed by atoms with Crippen LogP contribution in [0.3, 0.4) is 0 Å². The molecule has 1 unspecified atom stereocenters. The van der Waals surface area contributed by atoms with Crippen molar-refractivity contribution in [2.75, 3.05) is 23.6 Å². The molecule has 2 amide bonds. The van der Waals surface area contributed by atoms with Gasteiger partial charge >= 0.3 is 0 Å². The summed E-state index contributed by atoms with van der Waals surface area (Å²) >= 11 is 0. The molecule has 3 heterocycles. The minimum absolute atomic E-state index is 0.0429. The van der Waals surface area contributed by atoms with E-state index < -0.39 is 5.41 Å². The standard InChI is InChI=1S/C32H26N2O5/c1-2-20-9-13-23(14-10-20)33-30(35)22-11-7-21(8-12-22)17-34-26-6-4-3-5-24(26)32(31(34)36)18-37-27-16-29-28(15-25(27)32)38-19-39-29/h3-16H,2,17-19H2,1H3,(H,33,35). The van der Waals surface area contributed by atoms with Crippen LogP contribution in [0.1, 0.15) is 39.5 Å². The van der Waals surface area contributed by atoms with Crippen molar-refractivity contribution in [2.24, 2.45) is 0 Å². The number of fused-ring (bicyclic) bond motifs is 5.